The van der Waals surface area contributed by atoms with Gasteiger partial charge in [-0.05, 0) is 31.5 Å². The minimum atomic E-state index is -4.40. The minimum Gasteiger partial charge on any atom is -0.424 e. The van der Waals surface area contributed by atoms with Crippen molar-refractivity contribution < 1.29 is 22.7 Å². The number of ether oxygens (including phenoxy) is 1. The Labute approximate surface area is 107 Å². The van der Waals surface area contributed by atoms with Crippen molar-refractivity contribution in [3.63, 3.8) is 0 Å². The lowest BCUT2D eigenvalue weighted by Gasteiger charge is -2.10. The molecule has 2 rings (SSSR count). The number of carbonyl (C=O) groups excluding carboxylic acids is 1. The van der Waals surface area contributed by atoms with Gasteiger partial charge in [0.15, 0.2) is 5.75 Å². The molecule has 1 aromatic heterocycles. The number of rotatable bonds is 1. The molecule has 19 heavy (non-hydrogen) atoms. The summed E-state index contributed by atoms with van der Waals surface area (Å²) in [5.74, 6) is -0.235. The quantitative estimate of drug-likeness (QED) is 0.803. The number of carbonyl (C=O) groups is 1. The number of H-pyrrole nitrogens is 1. The van der Waals surface area contributed by atoms with E-state index < -0.39 is 17.7 Å². The van der Waals surface area contributed by atoms with Crippen LogP contribution < -0.4 is 4.74 Å². The number of hydrogen-bond acceptors (Lipinski definition) is 2. The first kappa shape index (κ1) is 13.5. The lowest BCUT2D eigenvalue weighted by atomic mass is 10.1. The Morgan fingerprint density at radius 3 is 2.42 bits per heavy atom. The zero-order chi connectivity index (χ0) is 14.4. The second-order valence-electron chi connectivity index (χ2n) is 4.38. The molecule has 1 aromatic carbocycles. The zero-order valence-electron chi connectivity index (χ0n) is 10.6. The van der Waals surface area contributed by atoms with Crippen LogP contribution in [0.2, 0.25) is 0 Å². The van der Waals surface area contributed by atoms with Crippen molar-refractivity contribution in [2.45, 2.75) is 26.9 Å². The molecule has 3 nitrogen and oxygen atoms in total. The Bertz CT molecular complexity index is 656. The summed E-state index contributed by atoms with van der Waals surface area (Å²) < 4.78 is 43.4. The standard InChI is InChI=1S/C13H12F3NO2/c1-6-4-9-11(5-10(6)13(14,15)16)17-7(2)12(9)19-8(3)18/h4-5,17H,1-3H3. The largest absolute Gasteiger partial charge is 0.424 e. The second kappa shape index (κ2) is 4.29. The van der Waals surface area contributed by atoms with Gasteiger partial charge < -0.3 is 9.72 Å². The van der Waals surface area contributed by atoms with Crippen LogP contribution in [0.4, 0.5) is 13.2 Å². The zero-order valence-corrected chi connectivity index (χ0v) is 10.6. The van der Waals surface area contributed by atoms with Gasteiger partial charge in [0, 0.05) is 12.3 Å². The van der Waals surface area contributed by atoms with Gasteiger partial charge in [0.2, 0.25) is 0 Å². The Morgan fingerprint density at radius 1 is 1.26 bits per heavy atom. The number of alkyl halides is 3. The topological polar surface area (TPSA) is 42.1 Å². The molecule has 0 bridgehead atoms. The average Bonchev–Trinajstić information content (AvgIpc) is 2.53. The Morgan fingerprint density at radius 2 is 1.89 bits per heavy atom. The lowest BCUT2D eigenvalue weighted by molar-refractivity contribution is -0.138. The van der Waals surface area contributed by atoms with E-state index in [2.05, 4.69) is 4.98 Å². The van der Waals surface area contributed by atoms with Gasteiger partial charge >= 0.3 is 12.1 Å². The summed E-state index contributed by atoms with van der Waals surface area (Å²) in [5.41, 5.74) is 0.207. The molecule has 0 aliphatic rings. The third kappa shape index (κ3) is 2.43. The van der Waals surface area contributed by atoms with Crippen LogP contribution in [-0.2, 0) is 11.0 Å². The molecule has 0 atom stereocenters. The Balaban J connectivity index is 2.68. The molecular weight excluding hydrogens is 259 g/mol. The molecule has 0 amide bonds. The van der Waals surface area contributed by atoms with Crippen molar-refractivity contribution in [1.29, 1.82) is 0 Å². The van der Waals surface area contributed by atoms with E-state index in [1.54, 1.807) is 6.92 Å². The maximum atomic E-state index is 12.8. The van der Waals surface area contributed by atoms with E-state index in [4.69, 9.17) is 4.74 Å². The van der Waals surface area contributed by atoms with E-state index in [-0.39, 0.29) is 11.3 Å². The number of aryl methyl sites for hydroxylation is 2. The molecule has 1 heterocycles. The Kier molecular flexibility index (Phi) is 3.04. The number of hydrogen-bond donors (Lipinski definition) is 1. The fourth-order valence-corrected chi connectivity index (χ4v) is 2.04. The fraction of sp³-hybridized carbons (Fsp3) is 0.308. The van der Waals surface area contributed by atoms with Crippen LogP contribution >= 0.6 is 0 Å². The molecule has 2 aromatic rings. The van der Waals surface area contributed by atoms with E-state index in [1.165, 1.54) is 19.9 Å². The summed E-state index contributed by atoms with van der Waals surface area (Å²) in [7, 11) is 0. The van der Waals surface area contributed by atoms with Crippen molar-refractivity contribution in [3.05, 3.63) is 29.0 Å². The molecular formula is C13H12F3NO2. The van der Waals surface area contributed by atoms with Crippen LogP contribution in [0, 0.1) is 13.8 Å². The van der Waals surface area contributed by atoms with Crippen molar-refractivity contribution in [2.24, 2.45) is 0 Å². The van der Waals surface area contributed by atoms with Gasteiger partial charge in [0.1, 0.15) is 0 Å². The SMILES string of the molecule is CC(=O)Oc1c(C)[nH]c2cc(C(F)(F)F)c(C)cc12. The van der Waals surface area contributed by atoms with Crippen molar-refractivity contribution >= 4 is 16.9 Å². The number of aromatic nitrogens is 1. The molecule has 0 spiro atoms. The highest BCUT2D eigenvalue weighted by molar-refractivity contribution is 5.91. The van der Waals surface area contributed by atoms with Gasteiger partial charge in [-0.3, -0.25) is 4.79 Å². The summed E-state index contributed by atoms with van der Waals surface area (Å²) in [5, 5.41) is 0.471. The molecule has 0 radical (unpaired) electrons. The molecule has 0 saturated heterocycles. The van der Waals surface area contributed by atoms with Gasteiger partial charge in [-0.2, -0.15) is 13.2 Å². The van der Waals surface area contributed by atoms with E-state index in [0.717, 1.165) is 6.07 Å². The maximum Gasteiger partial charge on any atom is 0.416 e. The molecule has 0 aliphatic heterocycles. The second-order valence-corrected chi connectivity index (χ2v) is 4.38. The smallest absolute Gasteiger partial charge is 0.416 e. The molecule has 0 fully saturated rings. The van der Waals surface area contributed by atoms with Gasteiger partial charge in [-0.25, -0.2) is 0 Å². The molecule has 0 unspecified atom stereocenters. The first-order chi connectivity index (χ1) is 8.70. The summed E-state index contributed by atoms with van der Waals surface area (Å²) in [6.07, 6.45) is -4.40. The van der Waals surface area contributed by atoms with Crippen LogP contribution in [0.5, 0.6) is 5.75 Å². The normalized spacial score (nSPS) is 11.9. The van der Waals surface area contributed by atoms with Crippen LogP contribution in [0.3, 0.4) is 0 Å². The van der Waals surface area contributed by atoms with Crippen LogP contribution in [0.15, 0.2) is 12.1 Å². The van der Waals surface area contributed by atoms with Crippen LogP contribution in [0.1, 0.15) is 23.7 Å². The maximum absolute atomic E-state index is 12.8. The highest BCUT2D eigenvalue weighted by Crippen LogP contribution is 2.37. The van der Waals surface area contributed by atoms with Gasteiger partial charge in [-0.15, -0.1) is 0 Å². The first-order valence-electron chi connectivity index (χ1n) is 5.58. The Hall–Kier alpha value is -1.98. The van der Waals surface area contributed by atoms with Crippen molar-refractivity contribution in [3.8, 4) is 5.75 Å². The number of fused-ring (bicyclic) bond motifs is 1. The van der Waals surface area contributed by atoms with Crippen LogP contribution in [0.25, 0.3) is 10.9 Å². The molecule has 6 heteroatoms. The van der Waals surface area contributed by atoms with Crippen molar-refractivity contribution in [2.75, 3.05) is 0 Å². The molecule has 0 saturated carbocycles. The number of nitrogens with one attached hydrogen (secondary N) is 1. The average molecular weight is 271 g/mol. The number of halogens is 3. The third-order valence-corrected chi connectivity index (χ3v) is 2.82. The van der Waals surface area contributed by atoms with Gasteiger partial charge in [-0.1, -0.05) is 0 Å². The summed E-state index contributed by atoms with van der Waals surface area (Å²) in [6, 6.07) is 2.41. The predicted molar refractivity (Wildman–Crippen MR) is 64.1 cm³/mol. The molecule has 102 valence electrons. The highest BCUT2D eigenvalue weighted by Gasteiger charge is 2.33. The highest BCUT2D eigenvalue weighted by atomic mass is 19.4. The lowest BCUT2D eigenvalue weighted by Crippen LogP contribution is -2.07. The van der Waals surface area contributed by atoms with E-state index in [9.17, 15) is 18.0 Å². The first-order valence-corrected chi connectivity index (χ1v) is 5.58. The monoisotopic (exact) mass is 271 g/mol. The number of esters is 1. The van der Waals surface area contributed by atoms with Gasteiger partial charge in [0.05, 0.1) is 16.8 Å². The molecule has 1 N–H and O–H groups in total. The van der Waals surface area contributed by atoms with Crippen molar-refractivity contribution in [1.82, 2.24) is 4.98 Å². The van der Waals surface area contributed by atoms with E-state index >= 15 is 0 Å². The predicted octanol–water partition coefficient (Wildman–Crippen LogP) is 3.73. The number of benzene rings is 1. The summed E-state index contributed by atoms with van der Waals surface area (Å²) in [4.78, 5) is 13.8. The number of aromatic amines is 1. The molecule has 0 aliphatic carbocycles. The third-order valence-electron chi connectivity index (χ3n) is 2.82. The minimum absolute atomic E-state index is 0.0902. The van der Waals surface area contributed by atoms with Gasteiger partial charge in [0.25, 0.3) is 0 Å². The summed E-state index contributed by atoms with van der Waals surface area (Å²) >= 11 is 0. The van der Waals surface area contributed by atoms with E-state index in [0.29, 0.717) is 16.6 Å². The van der Waals surface area contributed by atoms with E-state index in [1.807, 2.05) is 0 Å². The summed E-state index contributed by atoms with van der Waals surface area (Å²) in [6.45, 7) is 4.26. The van der Waals surface area contributed by atoms with Crippen LogP contribution in [-0.4, -0.2) is 11.0 Å². The fourth-order valence-electron chi connectivity index (χ4n) is 2.04.